The van der Waals surface area contributed by atoms with Crippen LogP contribution in [-0.2, 0) is 22.6 Å². The van der Waals surface area contributed by atoms with Gasteiger partial charge in [0, 0.05) is 16.1 Å². The van der Waals surface area contributed by atoms with Gasteiger partial charge in [0.05, 0.1) is 12.8 Å². The fraction of sp³-hybridized carbons (Fsp3) is 0.138. The third kappa shape index (κ3) is 5.45. The molecule has 1 aliphatic heterocycles. The number of anilines is 1. The van der Waals surface area contributed by atoms with E-state index in [4.69, 9.17) is 21.1 Å². The van der Waals surface area contributed by atoms with Gasteiger partial charge in [0.1, 0.15) is 18.0 Å². The van der Waals surface area contributed by atoms with Crippen LogP contribution in [0.5, 0.6) is 11.5 Å². The van der Waals surface area contributed by atoms with Gasteiger partial charge in [-0.2, -0.15) is 0 Å². The second-order valence-electron chi connectivity index (χ2n) is 8.48. The molecule has 0 bridgehead atoms. The minimum absolute atomic E-state index is 0.0370. The van der Waals surface area contributed by atoms with Crippen LogP contribution in [0.2, 0.25) is 5.02 Å². The quantitative estimate of drug-likeness (QED) is 0.225. The van der Waals surface area contributed by atoms with Crippen molar-refractivity contribution in [1.82, 2.24) is 5.32 Å². The van der Waals surface area contributed by atoms with Gasteiger partial charge in [-0.15, -0.1) is 6.58 Å². The van der Waals surface area contributed by atoms with Crippen LogP contribution in [0.25, 0.3) is 6.08 Å². The zero-order valence-electron chi connectivity index (χ0n) is 20.7. The van der Waals surface area contributed by atoms with E-state index in [1.54, 1.807) is 55.5 Å². The summed E-state index contributed by atoms with van der Waals surface area (Å²) in [5.41, 5.74) is 2.20. The van der Waals surface area contributed by atoms with Gasteiger partial charge in [-0.05, 0) is 60.9 Å². The van der Waals surface area contributed by atoms with Crippen molar-refractivity contribution >= 4 is 41.2 Å². The summed E-state index contributed by atoms with van der Waals surface area (Å²) in [6.07, 6.45) is 3.39. The topological polar surface area (TPSA) is 84.9 Å². The number of aryl methyl sites for hydroxylation is 1. The monoisotopic (exact) mass is 534 g/mol. The molecule has 194 valence electrons. The first-order valence-electron chi connectivity index (χ1n) is 11.6. The number of benzene rings is 3. The summed E-state index contributed by atoms with van der Waals surface area (Å²) in [7, 11) is 1.44. The molecule has 4 rings (SSSR count). The SMILES string of the molecule is C=CCc1cc(/C=C2/C(=O)NC(=O)N(c3ccc(C)c(Cl)c3)C2=O)cc(OC)c1OCc1ccccc1F. The van der Waals surface area contributed by atoms with E-state index in [1.165, 1.54) is 25.3 Å². The van der Waals surface area contributed by atoms with Crippen LogP contribution in [0.4, 0.5) is 14.9 Å². The lowest BCUT2D eigenvalue weighted by atomic mass is 10.0. The number of nitrogens with one attached hydrogen (secondary N) is 1. The molecule has 1 heterocycles. The van der Waals surface area contributed by atoms with E-state index in [2.05, 4.69) is 11.9 Å². The average molecular weight is 535 g/mol. The van der Waals surface area contributed by atoms with Crippen molar-refractivity contribution in [3.63, 3.8) is 0 Å². The number of imide groups is 2. The Bertz CT molecular complexity index is 1480. The first kappa shape index (κ1) is 26.6. The molecule has 38 heavy (non-hydrogen) atoms. The number of hydrogen-bond donors (Lipinski definition) is 1. The molecule has 0 aromatic heterocycles. The summed E-state index contributed by atoms with van der Waals surface area (Å²) in [5, 5.41) is 2.57. The molecule has 0 radical (unpaired) electrons. The van der Waals surface area contributed by atoms with Crippen LogP contribution in [0.1, 0.15) is 22.3 Å². The van der Waals surface area contributed by atoms with Crippen molar-refractivity contribution in [1.29, 1.82) is 0 Å². The molecule has 1 aliphatic rings. The lowest BCUT2D eigenvalue weighted by Crippen LogP contribution is -2.54. The largest absolute Gasteiger partial charge is 0.493 e. The Kier molecular flexibility index (Phi) is 7.93. The Labute approximate surface area is 224 Å². The Morgan fingerprint density at radius 1 is 1.08 bits per heavy atom. The van der Waals surface area contributed by atoms with Gasteiger partial charge in [-0.25, -0.2) is 14.1 Å². The predicted molar refractivity (Wildman–Crippen MR) is 143 cm³/mol. The molecule has 0 unspecified atom stereocenters. The van der Waals surface area contributed by atoms with Crippen molar-refractivity contribution in [2.45, 2.75) is 20.0 Å². The van der Waals surface area contributed by atoms with E-state index in [-0.39, 0.29) is 17.9 Å². The highest BCUT2D eigenvalue weighted by Crippen LogP contribution is 2.35. The Morgan fingerprint density at radius 2 is 1.84 bits per heavy atom. The lowest BCUT2D eigenvalue weighted by molar-refractivity contribution is -0.122. The van der Waals surface area contributed by atoms with Gasteiger partial charge in [0.15, 0.2) is 11.5 Å². The second kappa shape index (κ2) is 11.3. The number of methoxy groups -OCH3 is 1. The maximum Gasteiger partial charge on any atom is 0.335 e. The minimum atomic E-state index is -0.876. The standard InChI is InChI=1S/C29H24ClFN2O5/c1-4-7-19-12-18(14-25(37-3)26(19)38-16-20-8-5-6-9-24(20)31)13-22-27(34)32-29(36)33(28(22)35)21-11-10-17(2)23(30)15-21/h4-6,8-15H,1,7,16H2,2-3H3,(H,32,34,36)/b22-13-. The van der Waals surface area contributed by atoms with Crippen LogP contribution in [0.15, 0.2) is 72.8 Å². The highest BCUT2D eigenvalue weighted by Gasteiger charge is 2.37. The Balaban J connectivity index is 1.71. The first-order chi connectivity index (χ1) is 18.2. The molecule has 7 nitrogen and oxygen atoms in total. The van der Waals surface area contributed by atoms with Gasteiger partial charge >= 0.3 is 6.03 Å². The normalized spacial score (nSPS) is 14.5. The summed E-state index contributed by atoms with van der Waals surface area (Å²) in [6.45, 7) is 5.53. The summed E-state index contributed by atoms with van der Waals surface area (Å²) in [5.74, 6) is -1.34. The number of carbonyl (C=O) groups is 3. The summed E-state index contributed by atoms with van der Waals surface area (Å²) >= 11 is 6.19. The molecular formula is C29H24ClFN2O5. The molecule has 3 aromatic carbocycles. The second-order valence-corrected chi connectivity index (χ2v) is 8.88. The van der Waals surface area contributed by atoms with Crippen molar-refractivity contribution < 1.29 is 28.2 Å². The van der Waals surface area contributed by atoms with Gasteiger partial charge < -0.3 is 9.47 Å². The lowest BCUT2D eigenvalue weighted by Gasteiger charge is -2.26. The zero-order chi connectivity index (χ0) is 27.4. The van der Waals surface area contributed by atoms with E-state index in [1.807, 2.05) is 0 Å². The summed E-state index contributed by atoms with van der Waals surface area (Å²) in [4.78, 5) is 39.3. The molecule has 1 N–H and O–H groups in total. The van der Waals surface area contributed by atoms with E-state index in [9.17, 15) is 18.8 Å². The third-order valence-electron chi connectivity index (χ3n) is 5.89. The molecule has 0 spiro atoms. The fourth-order valence-corrected chi connectivity index (χ4v) is 4.11. The smallest absolute Gasteiger partial charge is 0.335 e. The number of hydrogen-bond acceptors (Lipinski definition) is 5. The van der Waals surface area contributed by atoms with E-state index in [0.29, 0.717) is 39.6 Å². The summed E-state index contributed by atoms with van der Waals surface area (Å²) in [6, 6.07) is 13.4. The molecule has 0 saturated carbocycles. The number of barbiturate groups is 1. The number of allylic oxidation sites excluding steroid dienone is 1. The number of ether oxygens (including phenoxy) is 2. The third-order valence-corrected chi connectivity index (χ3v) is 6.30. The van der Waals surface area contributed by atoms with Crippen LogP contribution in [-0.4, -0.2) is 25.0 Å². The van der Waals surface area contributed by atoms with Crippen LogP contribution in [0.3, 0.4) is 0 Å². The predicted octanol–water partition coefficient (Wildman–Crippen LogP) is 5.77. The van der Waals surface area contributed by atoms with Crippen LogP contribution >= 0.6 is 11.6 Å². The number of rotatable bonds is 8. The number of urea groups is 1. The summed E-state index contributed by atoms with van der Waals surface area (Å²) < 4.78 is 25.6. The van der Waals surface area contributed by atoms with Gasteiger partial charge in [-0.1, -0.05) is 41.9 Å². The highest BCUT2D eigenvalue weighted by atomic mass is 35.5. The van der Waals surface area contributed by atoms with E-state index < -0.39 is 23.7 Å². The number of amides is 4. The number of nitrogens with zero attached hydrogens (tertiary/aromatic N) is 1. The number of carbonyl (C=O) groups excluding carboxylic acids is 3. The first-order valence-corrected chi connectivity index (χ1v) is 12.0. The maximum atomic E-state index is 14.1. The molecule has 3 aromatic rings. The van der Waals surface area contributed by atoms with E-state index in [0.717, 1.165) is 10.5 Å². The van der Waals surface area contributed by atoms with Crippen LogP contribution < -0.4 is 19.7 Å². The Hall–Kier alpha value is -4.43. The van der Waals surface area contributed by atoms with Gasteiger partial charge in [0.25, 0.3) is 11.8 Å². The fourth-order valence-electron chi connectivity index (χ4n) is 3.93. The molecule has 0 atom stereocenters. The van der Waals surface area contributed by atoms with Crippen molar-refractivity contribution in [3.8, 4) is 11.5 Å². The molecule has 4 amide bonds. The maximum absolute atomic E-state index is 14.1. The van der Waals surface area contributed by atoms with Gasteiger partial charge in [0.2, 0.25) is 0 Å². The van der Waals surface area contributed by atoms with Gasteiger partial charge in [-0.3, -0.25) is 14.9 Å². The highest BCUT2D eigenvalue weighted by molar-refractivity contribution is 6.39. The van der Waals surface area contributed by atoms with Crippen molar-refractivity contribution in [2.24, 2.45) is 0 Å². The molecule has 9 heteroatoms. The number of halogens is 2. The minimum Gasteiger partial charge on any atom is -0.493 e. The average Bonchev–Trinajstić information content (AvgIpc) is 2.88. The molecular weight excluding hydrogens is 511 g/mol. The van der Waals surface area contributed by atoms with Crippen molar-refractivity contribution in [2.75, 3.05) is 12.0 Å². The van der Waals surface area contributed by atoms with E-state index >= 15 is 0 Å². The molecule has 1 saturated heterocycles. The molecule has 1 fully saturated rings. The Morgan fingerprint density at radius 3 is 2.53 bits per heavy atom. The van der Waals surface area contributed by atoms with Crippen LogP contribution in [0, 0.1) is 12.7 Å². The zero-order valence-corrected chi connectivity index (χ0v) is 21.5. The van der Waals surface area contributed by atoms with Crippen molar-refractivity contribution in [3.05, 3.63) is 106 Å². The molecule has 0 aliphatic carbocycles.